The third-order valence-electron chi connectivity index (χ3n) is 5.16. The van der Waals surface area contributed by atoms with E-state index in [-0.39, 0.29) is 18.0 Å². The van der Waals surface area contributed by atoms with Crippen LogP contribution in [0.3, 0.4) is 0 Å². The Morgan fingerprint density at radius 1 is 0.655 bits per heavy atom. The van der Waals surface area contributed by atoms with Crippen molar-refractivity contribution in [3.8, 4) is 0 Å². The lowest BCUT2D eigenvalue weighted by Crippen LogP contribution is -2.44. The highest BCUT2D eigenvalue weighted by Gasteiger charge is 2.29. The first-order valence-electron chi connectivity index (χ1n) is 10.2. The molecular formula is C26H30NOP. The maximum atomic E-state index is 13.7. The summed E-state index contributed by atoms with van der Waals surface area (Å²) < 4.78 is 0. The van der Waals surface area contributed by atoms with Gasteiger partial charge in [0.2, 0.25) is 5.91 Å². The largest absolute Gasteiger partial charge is 0.334 e. The van der Waals surface area contributed by atoms with Crippen molar-refractivity contribution in [1.29, 1.82) is 0 Å². The van der Waals surface area contributed by atoms with E-state index in [1.54, 1.807) is 0 Å². The molecule has 29 heavy (non-hydrogen) atoms. The molecule has 0 saturated heterocycles. The Bertz CT molecular complexity index is 868. The molecule has 0 aromatic heterocycles. The number of amides is 1. The summed E-state index contributed by atoms with van der Waals surface area (Å²) >= 11 is 0. The Kier molecular flexibility index (Phi) is 6.77. The summed E-state index contributed by atoms with van der Waals surface area (Å²) in [7, 11) is 0. The average molecular weight is 404 g/mol. The zero-order chi connectivity index (χ0) is 20.9. The monoisotopic (exact) mass is 403 g/mol. The van der Waals surface area contributed by atoms with Gasteiger partial charge in [0.1, 0.15) is 0 Å². The number of hydrogen-bond donors (Lipinski definition) is 0. The van der Waals surface area contributed by atoms with Gasteiger partial charge in [0.15, 0.2) is 0 Å². The molecule has 3 rings (SSSR count). The lowest BCUT2D eigenvalue weighted by molar-refractivity contribution is -0.126. The molecule has 0 spiro atoms. The van der Waals surface area contributed by atoms with Gasteiger partial charge in [-0.3, -0.25) is 4.79 Å². The lowest BCUT2D eigenvalue weighted by Gasteiger charge is -2.33. The molecule has 0 fully saturated rings. The number of hydrogen-bond acceptors (Lipinski definition) is 1. The highest BCUT2D eigenvalue weighted by atomic mass is 31.2. The molecule has 0 aliphatic rings. The van der Waals surface area contributed by atoms with Crippen LogP contribution in [0.4, 0.5) is 0 Å². The molecule has 0 saturated carbocycles. The second kappa shape index (κ2) is 9.29. The smallest absolute Gasteiger partial charge is 0.248 e. The molecule has 0 radical (unpaired) electrons. The molecule has 3 aromatic carbocycles. The molecule has 3 aromatic rings. The molecule has 0 unspecified atom stereocenters. The summed E-state index contributed by atoms with van der Waals surface area (Å²) in [6.45, 7) is 6.07. The van der Waals surface area contributed by atoms with Gasteiger partial charge in [-0.2, -0.15) is 0 Å². The van der Waals surface area contributed by atoms with E-state index in [0.717, 1.165) is 0 Å². The molecule has 0 bridgehead atoms. The van der Waals surface area contributed by atoms with E-state index in [2.05, 4.69) is 100 Å². The summed E-state index contributed by atoms with van der Waals surface area (Å²) in [5.41, 5.74) is 0. The first-order valence-corrected chi connectivity index (χ1v) is 12.1. The SMILES string of the molecule is CC(C)N(C(=O)C=P(c1ccccc1)(c1ccccc1)c1ccccc1)C(C)C. The first-order chi connectivity index (χ1) is 14.0. The zero-order valence-electron chi connectivity index (χ0n) is 17.7. The predicted molar refractivity (Wildman–Crippen MR) is 128 cm³/mol. The topological polar surface area (TPSA) is 20.3 Å². The second-order valence-electron chi connectivity index (χ2n) is 7.79. The maximum Gasteiger partial charge on any atom is 0.248 e. The van der Waals surface area contributed by atoms with Crippen molar-refractivity contribution >= 4 is 34.5 Å². The van der Waals surface area contributed by atoms with Gasteiger partial charge in [-0.15, -0.1) is 0 Å². The molecule has 1 amide bonds. The van der Waals surface area contributed by atoms with Crippen molar-refractivity contribution in [2.75, 3.05) is 0 Å². The van der Waals surface area contributed by atoms with Crippen LogP contribution in [0, 0.1) is 0 Å². The van der Waals surface area contributed by atoms with E-state index >= 15 is 0 Å². The Hall–Kier alpha value is -2.57. The van der Waals surface area contributed by atoms with Gasteiger partial charge in [0.25, 0.3) is 0 Å². The summed E-state index contributed by atoms with van der Waals surface area (Å²) in [4.78, 5) is 15.6. The Balaban J connectivity index is 2.39. The third kappa shape index (κ3) is 4.38. The molecule has 2 nitrogen and oxygen atoms in total. The van der Waals surface area contributed by atoms with E-state index < -0.39 is 6.89 Å². The fourth-order valence-electron chi connectivity index (χ4n) is 4.00. The van der Waals surface area contributed by atoms with Crippen molar-refractivity contribution in [3.63, 3.8) is 0 Å². The van der Waals surface area contributed by atoms with E-state index in [1.807, 2.05) is 28.9 Å². The second-order valence-corrected chi connectivity index (χ2v) is 11.0. The molecule has 3 heteroatoms. The van der Waals surface area contributed by atoms with E-state index in [4.69, 9.17) is 0 Å². The Morgan fingerprint density at radius 2 is 0.966 bits per heavy atom. The van der Waals surface area contributed by atoms with Gasteiger partial charge in [0, 0.05) is 17.9 Å². The molecule has 0 aliphatic carbocycles. The first kappa shape index (κ1) is 21.1. The Morgan fingerprint density at radius 3 is 1.24 bits per heavy atom. The number of carbonyl (C=O) groups excluding carboxylic acids is 1. The molecule has 0 N–H and O–H groups in total. The fourth-order valence-corrected chi connectivity index (χ4v) is 7.73. The van der Waals surface area contributed by atoms with Gasteiger partial charge in [0.05, 0.1) is 0 Å². The molecule has 150 valence electrons. The van der Waals surface area contributed by atoms with Crippen molar-refractivity contribution in [2.45, 2.75) is 39.8 Å². The number of nitrogens with zero attached hydrogens (tertiary/aromatic N) is 1. The van der Waals surface area contributed by atoms with Gasteiger partial charge in [-0.05, 0) is 50.5 Å². The van der Waals surface area contributed by atoms with Crippen LogP contribution in [-0.2, 0) is 4.79 Å². The van der Waals surface area contributed by atoms with Crippen LogP contribution >= 0.6 is 6.89 Å². The van der Waals surface area contributed by atoms with Gasteiger partial charge >= 0.3 is 0 Å². The summed E-state index contributed by atoms with van der Waals surface area (Å²) in [5, 5.41) is 3.58. The van der Waals surface area contributed by atoms with Crippen molar-refractivity contribution in [1.82, 2.24) is 4.90 Å². The van der Waals surface area contributed by atoms with Gasteiger partial charge in [-0.25, -0.2) is 0 Å². The lowest BCUT2D eigenvalue weighted by atomic mass is 10.2. The predicted octanol–water partition coefficient (Wildman–Crippen LogP) is 4.43. The molecular weight excluding hydrogens is 373 g/mol. The van der Waals surface area contributed by atoms with Crippen LogP contribution in [0.25, 0.3) is 0 Å². The minimum Gasteiger partial charge on any atom is -0.334 e. The van der Waals surface area contributed by atoms with Gasteiger partial charge < -0.3 is 4.90 Å². The quantitative estimate of drug-likeness (QED) is 0.558. The fraction of sp³-hybridized carbons (Fsp3) is 0.231. The van der Waals surface area contributed by atoms with Crippen LogP contribution in [0.15, 0.2) is 91.0 Å². The highest BCUT2D eigenvalue weighted by molar-refractivity contribution is 7.95. The van der Waals surface area contributed by atoms with Crippen molar-refractivity contribution in [2.24, 2.45) is 0 Å². The maximum absolute atomic E-state index is 13.7. The van der Waals surface area contributed by atoms with Gasteiger partial charge in [-0.1, -0.05) is 91.0 Å². The van der Waals surface area contributed by atoms with E-state index in [1.165, 1.54) is 15.9 Å². The third-order valence-corrected chi connectivity index (χ3v) is 9.11. The van der Waals surface area contributed by atoms with Crippen molar-refractivity contribution < 1.29 is 4.79 Å². The number of carbonyl (C=O) groups is 1. The van der Waals surface area contributed by atoms with Crippen LogP contribution in [-0.4, -0.2) is 28.7 Å². The molecule has 0 aliphatic heterocycles. The minimum absolute atomic E-state index is 0.0971. The van der Waals surface area contributed by atoms with Crippen molar-refractivity contribution in [3.05, 3.63) is 91.0 Å². The minimum atomic E-state index is -2.26. The number of benzene rings is 3. The van der Waals surface area contributed by atoms with Crippen LogP contribution in [0.2, 0.25) is 0 Å². The van der Waals surface area contributed by atoms with Crippen LogP contribution in [0.5, 0.6) is 0 Å². The average Bonchev–Trinajstić information content (AvgIpc) is 2.73. The summed E-state index contributed by atoms with van der Waals surface area (Å²) in [5.74, 6) is 2.12. The van der Waals surface area contributed by atoms with Crippen LogP contribution < -0.4 is 15.9 Å². The summed E-state index contributed by atoms with van der Waals surface area (Å²) in [6.07, 6.45) is 0. The molecule has 0 heterocycles. The summed E-state index contributed by atoms with van der Waals surface area (Å²) in [6, 6.07) is 31.7. The molecule has 0 atom stereocenters. The normalized spacial score (nSPS) is 11.5. The zero-order valence-corrected chi connectivity index (χ0v) is 18.6. The Labute approximate surface area is 175 Å². The highest BCUT2D eigenvalue weighted by Crippen LogP contribution is 2.43. The van der Waals surface area contributed by atoms with Crippen LogP contribution in [0.1, 0.15) is 27.7 Å². The van der Waals surface area contributed by atoms with E-state index in [9.17, 15) is 4.79 Å². The standard InChI is InChI=1S/C26H30NOP/c1-21(2)27(22(3)4)26(28)20-29(23-14-8-5-9-15-23,24-16-10-6-11-17-24)25-18-12-7-13-19-25/h5-22H,1-4H3. The van der Waals surface area contributed by atoms with E-state index in [0.29, 0.717) is 0 Å². The number of rotatable bonds is 6.